The molecule has 6 heteroatoms. The molecule has 2 aromatic rings. The molecule has 2 aromatic heterocycles. The Morgan fingerprint density at radius 2 is 2.29 bits per heavy atom. The van der Waals surface area contributed by atoms with Crippen LogP contribution in [0.2, 0.25) is 0 Å². The minimum Gasteiger partial charge on any atom is -0.383 e. The lowest BCUT2D eigenvalue weighted by atomic mass is 9.99. The molecule has 0 saturated heterocycles. The van der Waals surface area contributed by atoms with Gasteiger partial charge < -0.3 is 4.74 Å². The van der Waals surface area contributed by atoms with Crippen LogP contribution in [0, 0.1) is 0 Å². The lowest BCUT2D eigenvalue weighted by Gasteiger charge is -2.08. The van der Waals surface area contributed by atoms with Gasteiger partial charge in [0.1, 0.15) is 5.69 Å². The van der Waals surface area contributed by atoms with Crippen molar-refractivity contribution >= 4 is 33.0 Å². The highest BCUT2D eigenvalue weighted by Crippen LogP contribution is 2.32. The number of methoxy groups -OCH3 is 1. The molecule has 0 aromatic carbocycles. The predicted octanol–water partition coefficient (Wildman–Crippen LogP) is 3.46. The maximum atomic E-state index is 12.8. The van der Waals surface area contributed by atoms with Crippen LogP contribution in [-0.2, 0) is 24.1 Å². The molecular formula is C15H17BrN2O2S. The van der Waals surface area contributed by atoms with Crippen LogP contribution in [0.3, 0.4) is 0 Å². The smallest absolute Gasteiger partial charge is 0.222 e. The van der Waals surface area contributed by atoms with E-state index >= 15 is 0 Å². The Morgan fingerprint density at radius 1 is 1.48 bits per heavy atom. The number of carbonyl (C=O) groups excluding carboxylic acids is 1. The molecule has 0 amide bonds. The van der Waals surface area contributed by atoms with Crippen molar-refractivity contribution in [2.24, 2.45) is 0 Å². The number of hydrogen-bond acceptors (Lipinski definition) is 4. The number of nitrogens with zero attached hydrogens (tertiary/aromatic N) is 2. The second-order valence-corrected chi connectivity index (χ2v) is 7.14. The molecule has 0 saturated carbocycles. The molecule has 0 aliphatic heterocycles. The number of carbonyl (C=O) groups is 1. The van der Waals surface area contributed by atoms with Gasteiger partial charge in [0.2, 0.25) is 5.78 Å². The molecule has 0 atom stereocenters. The Hall–Kier alpha value is -0.980. The zero-order valence-corrected chi connectivity index (χ0v) is 14.3. The summed E-state index contributed by atoms with van der Waals surface area (Å²) in [6.07, 6.45) is 6.35. The third-order valence-corrected chi connectivity index (χ3v) is 5.55. The first-order valence-corrected chi connectivity index (χ1v) is 8.68. The Kier molecular flexibility index (Phi) is 4.57. The zero-order chi connectivity index (χ0) is 14.8. The Balaban J connectivity index is 1.91. The molecule has 0 bridgehead atoms. The van der Waals surface area contributed by atoms with E-state index in [0.29, 0.717) is 18.8 Å². The maximum absolute atomic E-state index is 12.8. The van der Waals surface area contributed by atoms with Crippen molar-refractivity contribution < 1.29 is 9.53 Å². The standard InChI is InChI=1S/C15H17BrN2O2S/c1-20-7-6-18-14(11(16)9-17-18)15(19)13-8-10-4-2-3-5-12(10)21-13/h8-9H,2-7H2,1H3. The number of hydrogen-bond donors (Lipinski definition) is 0. The van der Waals surface area contributed by atoms with E-state index in [1.54, 1.807) is 29.3 Å². The number of ketones is 1. The largest absolute Gasteiger partial charge is 0.383 e. The van der Waals surface area contributed by atoms with Gasteiger partial charge in [-0.05, 0) is 53.2 Å². The van der Waals surface area contributed by atoms with E-state index in [4.69, 9.17) is 4.74 Å². The highest BCUT2D eigenvalue weighted by Gasteiger charge is 2.23. The van der Waals surface area contributed by atoms with Crippen molar-refractivity contribution in [2.75, 3.05) is 13.7 Å². The summed E-state index contributed by atoms with van der Waals surface area (Å²) in [6.45, 7) is 1.11. The first-order valence-electron chi connectivity index (χ1n) is 7.07. The van der Waals surface area contributed by atoms with Crippen molar-refractivity contribution in [1.29, 1.82) is 0 Å². The third kappa shape index (κ3) is 2.98. The maximum Gasteiger partial charge on any atom is 0.222 e. The molecule has 1 aliphatic carbocycles. The van der Waals surface area contributed by atoms with Crippen molar-refractivity contribution in [3.05, 3.63) is 37.7 Å². The summed E-state index contributed by atoms with van der Waals surface area (Å²) in [6, 6.07) is 2.07. The molecule has 0 spiro atoms. The minimum atomic E-state index is 0.0508. The van der Waals surface area contributed by atoms with Crippen LogP contribution in [-0.4, -0.2) is 29.3 Å². The van der Waals surface area contributed by atoms with E-state index in [-0.39, 0.29) is 5.78 Å². The first kappa shape index (κ1) is 14.9. The molecule has 0 fully saturated rings. The number of aromatic nitrogens is 2. The van der Waals surface area contributed by atoms with Gasteiger partial charge in [0.05, 0.1) is 28.7 Å². The van der Waals surface area contributed by atoms with Crippen LogP contribution in [0.15, 0.2) is 16.7 Å². The summed E-state index contributed by atoms with van der Waals surface area (Å²) in [5.41, 5.74) is 1.97. The minimum absolute atomic E-state index is 0.0508. The van der Waals surface area contributed by atoms with Crippen LogP contribution in [0.4, 0.5) is 0 Å². The summed E-state index contributed by atoms with van der Waals surface area (Å²) in [7, 11) is 1.65. The van der Waals surface area contributed by atoms with E-state index in [0.717, 1.165) is 22.2 Å². The fourth-order valence-corrected chi connectivity index (χ4v) is 4.33. The molecule has 0 unspecified atom stereocenters. The van der Waals surface area contributed by atoms with Gasteiger partial charge in [0.25, 0.3) is 0 Å². The van der Waals surface area contributed by atoms with Crippen molar-refractivity contribution in [3.8, 4) is 0 Å². The highest BCUT2D eigenvalue weighted by molar-refractivity contribution is 9.10. The molecule has 0 N–H and O–H groups in total. The van der Waals surface area contributed by atoms with Crippen LogP contribution < -0.4 is 0 Å². The molecule has 3 rings (SSSR count). The van der Waals surface area contributed by atoms with E-state index in [2.05, 4.69) is 27.1 Å². The number of rotatable bonds is 5. The summed E-state index contributed by atoms with van der Waals surface area (Å²) in [4.78, 5) is 15.0. The van der Waals surface area contributed by atoms with Crippen LogP contribution in [0.25, 0.3) is 0 Å². The SMILES string of the molecule is COCCn1ncc(Br)c1C(=O)c1cc2c(s1)CCCC2. The second kappa shape index (κ2) is 6.42. The normalized spacial score (nSPS) is 14.2. The van der Waals surface area contributed by atoms with Gasteiger partial charge in [0.15, 0.2) is 0 Å². The lowest BCUT2D eigenvalue weighted by Crippen LogP contribution is -2.14. The van der Waals surface area contributed by atoms with E-state index in [9.17, 15) is 4.79 Å². The lowest BCUT2D eigenvalue weighted by molar-refractivity contribution is 0.102. The molecule has 2 heterocycles. The average Bonchev–Trinajstić information content (AvgIpc) is 3.08. The molecule has 4 nitrogen and oxygen atoms in total. The van der Waals surface area contributed by atoms with Gasteiger partial charge in [-0.25, -0.2) is 0 Å². The van der Waals surface area contributed by atoms with E-state index < -0.39 is 0 Å². The fourth-order valence-electron chi connectivity index (χ4n) is 2.65. The quantitative estimate of drug-likeness (QED) is 0.759. The molecule has 112 valence electrons. The summed E-state index contributed by atoms with van der Waals surface area (Å²) in [5, 5.41) is 4.26. The van der Waals surface area contributed by atoms with Gasteiger partial charge in [-0.2, -0.15) is 5.10 Å². The van der Waals surface area contributed by atoms with Crippen molar-refractivity contribution in [2.45, 2.75) is 32.2 Å². The monoisotopic (exact) mass is 368 g/mol. The molecule has 0 radical (unpaired) electrons. The van der Waals surface area contributed by atoms with Crippen LogP contribution >= 0.6 is 27.3 Å². The van der Waals surface area contributed by atoms with Crippen LogP contribution in [0.1, 0.15) is 38.6 Å². The van der Waals surface area contributed by atoms with Gasteiger partial charge in [-0.1, -0.05) is 0 Å². The predicted molar refractivity (Wildman–Crippen MR) is 86.2 cm³/mol. The van der Waals surface area contributed by atoms with Gasteiger partial charge >= 0.3 is 0 Å². The topological polar surface area (TPSA) is 44.1 Å². The molecular weight excluding hydrogens is 352 g/mol. The van der Waals surface area contributed by atoms with Crippen molar-refractivity contribution in [3.63, 3.8) is 0 Å². The van der Waals surface area contributed by atoms with Crippen molar-refractivity contribution in [1.82, 2.24) is 9.78 Å². The van der Waals surface area contributed by atoms with E-state index in [1.807, 2.05) is 0 Å². The second-order valence-electron chi connectivity index (χ2n) is 5.15. The first-order chi connectivity index (χ1) is 10.2. The summed E-state index contributed by atoms with van der Waals surface area (Å²) in [5.74, 6) is 0.0508. The number of thiophene rings is 1. The average molecular weight is 369 g/mol. The summed E-state index contributed by atoms with van der Waals surface area (Å²) >= 11 is 5.08. The van der Waals surface area contributed by atoms with E-state index in [1.165, 1.54) is 23.3 Å². The van der Waals surface area contributed by atoms with Crippen LogP contribution in [0.5, 0.6) is 0 Å². The number of halogens is 1. The van der Waals surface area contributed by atoms with Gasteiger partial charge in [0, 0.05) is 12.0 Å². The molecule has 21 heavy (non-hydrogen) atoms. The Labute approximate surface area is 136 Å². The number of aryl methyl sites for hydroxylation is 2. The fraction of sp³-hybridized carbons (Fsp3) is 0.467. The Morgan fingerprint density at radius 3 is 3.05 bits per heavy atom. The highest BCUT2D eigenvalue weighted by atomic mass is 79.9. The van der Waals surface area contributed by atoms with Gasteiger partial charge in [-0.15, -0.1) is 11.3 Å². The van der Waals surface area contributed by atoms with Gasteiger partial charge in [-0.3, -0.25) is 9.48 Å². The Bertz CT molecular complexity index is 639. The number of ether oxygens (including phenoxy) is 1. The zero-order valence-electron chi connectivity index (χ0n) is 11.9. The molecule has 1 aliphatic rings. The third-order valence-electron chi connectivity index (χ3n) is 3.74. The number of fused-ring (bicyclic) bond motifs is 1. The summed E-state index contributed by atoms with van der Waals surface area (Å²) < 4.78 is 7.54.